The summed E-state index contributed by atoms with van der Waals surface area (Å²) in [5.41, 5.74) is -0.222. The Balaban J connectivity index is 1.87. The van der Waals surface area contributed by atoms with E-state index in [1.165, 1.54) is 6.07 Å². The largest absolute Gasteiger partial charge is 0.392 e. The molecule has 0 aliphatic carbocycles. The first kappa shape index (κ1) is 14.4. The molecule has 2 saturated heterocycles. The van der Waals surface area contributed by atoms with Gasteiger partial charge in [-0.3, -0.25) is 18.5 Å². The first-order valence-corrected chi connectivity index (χ1v) is 8.39. The number of hydrogen-bond donors (Lipinski definition) is 1. The van der Waals surface area contributed by atoms with Gasteiger partial charge in [-0.1, -0.05) is 6.92 Å². The average Bonchev–Trinajstić information content (AvgIpc) is 2.66. The van der Waals surface area contributed by atoms with Crippen LogP contribution in [0.25, 0.3) is 0 Å². The van der Waals surface area contributed by atoms with E-state index < -0.39 is 10.0 Å². The van der Waals surface area contributed by atoms with Gasteiger partial charge in [0.05, 0.1) is 12.7 Å². The number of nitrogens with one attached hydrogen (secondary N) is 1. The molecular formula is C10H14N2O5S2Si. The lowest BCUT2D eigenvalue weighted by atomic mass is 10.0. The van der Waals surface area contributed by atoms with E-state index in [2.05, 4.69) is 4.98 Å². The first-order chi connectivity index (χ1) is 9.66. The third-order valence-corrected chi connectivity index (χ3v) is 5.25. The smallest absolute Gasteiger partial charge is 0.322 e. The zero-order valence-corrected chi connectivity index (χ0v) is 13.7. The van der Waals surface area contributed by atoms with Crippen LogP contribution in [0.3, 0.4) is 0 Å². The number of hydrogen-bond acceptors (Lipinski definition) is 7. The normalized spacial score (nSPS) is 35.5. The van der Waals surface area contributed by atoms with Crippen LogP contribution in [0, 0.1) is 10.7 Å². The highest BCUT2D eigenvalue weighted by molar-refractivity contribution is 7.90. The molecule has 1 N–H and O–H groups in total. The van der Waals surface area contributed by atoms with E-state index in [0.29, 0.717) is 11.4 Å². The molecule has 2 aliphatic rings. The topological polar surface area (TPSA) is 74.7 Å². The van der Waals surface area contributed by atoms with Gasteiger partial charge in [0.25, 0.3) is 5.56 Å². The third kappa shape index (κ3) is 2.77. The Morgan fingerprint density at radius 3 is 3.25 bits per heavy atom. The lowest BCUT2D eigenvalue weighted by Gasteiger charge is -2.23. The van der Waals surface area contributed by atoms with Crippen LogP contribution in [-0.4, -0.2) is 38.4 Å². The van der Waals surface area contributed by atoms with Crippen molar-refractivity contribution in [2.45, 2.75) is 25.4 Å². The summed E-state index contributed by atoms with van der Waals surface area (Å²) < 4.78 is 24.4. The highest BCUT2D eigenvalue weighted by Gasteiger charge is 2.44. The number of ether oxygens (including phenoxy) is 1. The van der Waals surface area contributed by atoms with Crippen LogP contribution in [0.2, 0.25) is 0 Å². The molecule has 110 valence electrons. The lowest BCUT2D eigenvalue weighted by molar-refractivity contribution is -0.0404. The predicted molar refractivity (Wildman–Crippen MR) is 77.0 cm³/mol. The number of H-pyrrole nitrogens is 1. The second-order valence-corrected chi connectivity index (χ2v) is 6.93. The lowest BCUT2D eigenvalue weighted by Crippen LogP contribution is -2.34. The molecule has 0 aromatic carbocycles. The van der Waals surface area contributed by atoms with Gasteiger partial charge >= 0.3 is 10.0 Å². The zero-order valence-electron chi connectivity index (χ0n) is 10.7. The fourth-order valence-electron chi connectivity index (χ4n) is 2.48. The maximum absolute atomic E-state index is 11.2. The maximum atomic E-state index is 11.2. The Morgan fingerprint density at radius 1 is 1.60 bits per heavy atom. The van der Waals surface area contributed by atoms with Crippen LogP contribution in [0.15, 0.2) is 17.1 Å². The molecule has 20 heavy (non-hydrogen) atoms. The van der Waals surface area contributed by atoms with E-state index in [0.717, 1.165) is 12.3 Å². The van der Waals surface area contributed by atoms with Gasteiger partial charge < -0.3 is 13.0 Å². The van der Waals surface area contributed by atoms with Gasteiger partial charge in [0.1, 0.15) is 24.7 Å². The van der Waals surface area contributed by atoms with Gasteiger partial charge in [-0.15, -0.1) is 0 Å². The molecular weight excluding hydrogens is 320 g/mol. The van der Waals surface area contributed by atoms with Crippen LogP contribution in [-0.2, 0) is 17.2 Å². The van der Waals surface area contributed by atoms with Crippen molar-refractivity contribution < 1.29 is 17.2 Å². The number of fused-ring (bicyclic) bond motifs is 1. The Bertz CT molecular complexity index is 594. The summed E-state index contributed by atoms with van der Waals surface area (Å²) in [5.74, 6) is 0.0837. The van der Waals surface area contributed by atoms with Gasteiger partial charge in [-0.05, 0) is 12.2 Å². The van der Waals surface area contributed by atoms with Crippen molar-refractivity contribution in [1.29, 1.82) is 0 Å². The van der Waals surface area contributed by atoms with Gasteiger partial charge in [0.2, 0.25) is 0 Å². The standard InChI is InChI=1S/C10H14N2O5S2Si/c1-5-8-6(4-14-19-17-20-16-8)15-9(5)12-3-2-7(13)11-10(12)18/h2-3,5-6,8-9H,4,20H2,1H3,(H,11,13,18)/t5?,6-,8?,9-/m1/s1. The number of nitrogens with zero attached hydrogens (tertiary/aromatic N) is 1. The van der Waals surface area contributed by atoms with Crippen LogP contribution in [0.1, 0.15) is 13.2 Å². The molecule has 0 saturated carbocycles. The van der Waals surface area contributed by atoms with Gasteiger partial charge in [0.15, 0.2) is 4.77 Å². The number of rotatable bonds is 1. The fourth-order valence-corrected chi connectivity index (χ4v) is 4.26. The molecule has 2 unspecified atom stereocenters. The molecule has 7 nitrogen and oxygen atoms in total. The summed E-state index contributed by atoms with van der Waals surface area (Å²) in [7, 11) is -1.08. The molecule has 10 heteroatoms. The van der Waals surface area contributed by atoms with E-state index in [9.17, 15) is 4.79 Å². The molecule has 1 aromatic rings. The molecule has 0 spiro atoms. The molecule has 0 amide bonds. The fraction of sp³-hybridized carbons (Fsp3) is 0.600. The minimum Gasteiger partial charge on any atom is -0.392 e. The highest BCUT2D eigenvalue weighted by atomic mass is 32.2. The average molecular weight is 334 g/mol. The van der Waals surface area contributed by atoms with Crippen LogP contribution >= 0.6 is 24.5 Å². The Morgan fingerprint density at radius 2 is 2.45 bits per heavy atom. The summed E-state index contributed by atoms with van der Waals surface area (Å²) in [6.07, 6.45) is 1.12. The molecule has 2 fully saturated rings. The molecule has 3 heterocycles. The van der Waals surface area contributed by atoms with Gasteiger partial charge in [-0.2, -0.15) is 0 Å². The van der Waals surface area contributed by atoms with E-state index in [1.54, 1.807) is 10.8 Å². The molecule has 3 rings (SSSR count). The second-order valence-electron chi connectivity index (χ2n) is 4.66. The van der Waals surface area contributed by atoms with Gasteiger partial charge in [0, 0.05) is 18.2 Å². The highest BCUT2D eigenvalue weighted by Crippen LogP contribution is 2.37. The first-order valence-electron chi connectivity index (χ1n) is 6.16. The number of aromatic amines is 1. The van der Waals surface area contributed by atoms with E-state index in [-0.39, 0.29) is 29.9 Å². The van der Waals surface area contributed by atoms with Crippen molar-refractivity contribution in [2.75, 3.05) is 6.61 Å². The molecule has 0 radical (unpaired) electrons. The minimum atomic E-state index is -1.08. The van der Waals surface area contributed by atoms with Crippen molar-refractivity contribution in [1.82, 2.24) is 9.55 Å². The molecule has 4 atom stereocenters. The van der Waals surface area contributed by atoms with Gasteiger partial charge in [-0.25, -0.2) is 0 Å². The summed E-state index contributed by atoms with van der Waals surface area (Å²) in [6, 6.07) is 1.43. The summed E-state index contributed by atoms with van der Waals surface area (Å²) in [4.78, 5) is 13.8. The Kier molecular flexibility index (Phi) is 4.40. The summed E-state index contributed by atoms with van der Waals surface area (Å²) >= 11 is 6.15. The van der Waals surface area contributed by atoms with Crippen molar-refractivity contribution in [3.63, 3.8) is 0 Å². The maximum Gasteiger partial charge on any atom is 0.322 e. The van der Waals surface area contributed by atoms with E-state index in [1.807, 2.05) is 6.92 Å². The zero-order chi connectivity index (χ0) is 14.1. The predicted octanol–water partition coefficient (Wildman–Crippen LogP) is 0.433. The summed E-state index contributed by atoms with van der Waals surface area (Å²) in [5, 5.41) is 0. The molecule has 1 aromatic heterocycles. The van der Waals surface area contributed by atoms with Crippen LogP contribution in [0.5, 0.6) is 0 Å². The van der Waals surface area contributed by atoms with Crippen molar-refractivity contribution in [3.8, 4) is 0 Å². The SMILES string of the molecule is CC1C2O[SiH2]OSOC[C@H]2O[C@H]1n1ccc(=O)[nH]c1=S. The van der Waals surface area contributed by atoms with Crippen molar-refractivity contribution in [2.24, 2.45) is 5.92 Å². The summed E-state index contributed by atoms with van der Waals surface area (Å²) in [6.45, 7) is 2.42. The Hall–Kier alpha value is -0.493. The third-order valence-electron chi connectivity index (χ3n) is 3.41. The van der Waals surface area contributed by atoms with Crippen LogP contribution in [0.4, 0.5) is 0 Å². The molecule has 2 aliphatic heterocycles. The van der Waals surface area contributed by atoms with Crippen molar-refractivity contribution >= 4 is 34.5 Å². The van der Waals surface area contributed by atoms with E-state index in [4.69, 9.17) is 29.4 Å². The monoisotopic (exact) mass is 334 g/mol. The van der Waals surface area contributed by atoms with Crippen LogP contribution < -0.4 is 5.56 Å². The second kappa shape index (κ2) is 6.09. The minimum absolute atomic E-state index is 0.0820. The number of aromatic nitrogens is 2. The Labute approximate surface area is 127 Å². The molecule has 0 bridgehead atoms. The quantitative estimate of drug-likeness (QED) is 0.453. The van der Waals surface area contributed by atoms with Crippen molar-refractivity contribution in [3.05, 3.63) is 27.4 Å². The van der Waals surface area contributed by atoms with E-state index >= 15 is 0 Å².